The molecule has 1 N–H and O–H groups in total. The standard InChI is InChI=1S/C26H34N2O4/c1-31-22-7-3-19(4-8-22)17-27-14-13-24(25(29)18-27)28-15-11-21(12-16-28)26(30)20-5-9-23(32-2)10-6-20/h3-10,21,24-25,29H,11-18H2,1-2H3/t24-,25-/m0/s1. The number of aliphatic hydroxyl groups is 1. The molecular formula is C26H34N2O4. The zero-order valence-electron chi connectivity index (χ0n) is 19.1. The topological polar surface area (TPSA) is 62.2 Å². The van der Waals surface area contributed by atoms with E-state index in [1.54, 1.807) is 14.2 Å². The largest absolute Gasteiger partial charge is 0.497 e. The summed E-state index contributed by atoms with van der Waals surface area (Å²) in [7, 11) is 3.30. The van der Waals surface area contributed by atoms with Crippen LogP contribution in [0.1, 0.15) is 35.2 Å². The maximum Gasteiger partial charge on any atom is 0.166 e. The van der Waals surface area contributed by atoms with E-state index in [9.17, 15) is 9.90 Å². The van der Waals surface area contributed by atoms with Gasteiger partial charge in [-0.05, 0) is 74.3 Å². The predicted octanol–water partition coefficient (Wildman–Crippen LogP) is 3.23. The Morgan fingerprint density at radius 2 is 1.50 bits per heavy atom. The number of hydrogen-bond donors (Lipinski definition) is 1. The molecule has 0 radical (unpaired) electrons. The quantitative estimate of drug-likeness (QED) is 0.670. The maximum atomic E-state index is 12.9. The Bertz CT molecular complexity index is 876. The Labute approximate surface area is 190 Å². The number of Topliss-reactive ketones (excluding diaryl/α,β-unsaturated/α-hetero) is 1. The number of β-amino-alcohol motifs (C(OH)–C–C–N with tert-alkyl or cyclic N) is 1. The van der Waals surface area contributed by atoms with Crippen LogP contribution in [0, 0.1) is 5.92 Å². The van der Waals surface area contributed by atoms with E-state index in [1.807, 2.05) is 36.4 Å². The zero-order chi connectivity index (χ0) is 22.5. The number of carbonyl (C=O) groups excluding carboxylic acids is 1. The second kappa shape index (κ2) is 10.5. The average Bonchev–Trinajstić information content (AvgIpc) is 2.84. The van der Waals surface area contributed by atoms with Gasteiger partial charge in [0.2, 0.25) is 0 Å². The van der Waals surface area contributed by atoms with Gasteiger partial charge in [0.25, 0.3) is 0 Å². The highest BCUT2D eigenvalue weighted by Crippen LogP contribution is 2.27. The highest BCUT2D eigenvalue weighted by atomic mass is 16.5. The van der Waals surface area contributed by atoms with Crippen molar-refractivity contribution in [1.82, 2.24) is 9.80 Å². The molecule has 0 spiro atoms. The predicted molar refractivity (Wildman–Crippen MR) is 124 cm³/mol. The van der Waals surface area contributed by atoms with E-state index in [1.165, 1.54) is 5.56 Å². The van der Waals surface area contributed by atoms with Crippen molar-refractivity contribution in [3.05, 3.63) is 59.7 Å². The van der Waals surface area contributed by atoms with Gasteiger partial charge in [0, 0.05) is 37.2 Å². The van der Waals surface area contributed by atoms with Crippen molar-refractivity contribution >= 4 is 5.78 Å². The lowest BCUT2D eigenvalue weighted by Gasteiger charge is -2.44. The van der Waals surface area contributed by atoms with Crippen LogP contribution in [0.5, 0.6) is 11.5 Å². The maximum absolute atomic E-state index is 12.9. The smallest absolute Gasteiger partial charge is 0.166 e. The first-order chi connectivity index (χ1) is 15.6. The van der Waals surface area contributed by atoms with Crippen LogP contribution >= 0.6 is 0 Å². The summed E-state index contributed by atoms with van der Waals surface area (Å²) in [6.07, 6.45) is 2.29. The normalized spacial score (nSPS) is 23.1. The molecule has 0 amide bonds. The molecule has 0 aliphatic carbocycles. The number of carbonyl (C=O) groups is 1. The van der Waals surface area contributed by atoms with E-state index in [0.717, 1.165) is 62.5 Å². The third-order valence-electron chi connectivity index (χ3n) is 6.94. The first-order valence-electron chi connectivity index (χ1n) is 11.5. The molecule has 32 heavy (non-hydrogen) atoms. The number of hydrogen-bond acceptors (Lipinski definition) is 6. The van der Waals surface area contributed by atoms with Gasteiger partial charge in [0.1, 0.15) is 11.5 Å². The summed E-state index contributed by atoms with van der Waals surface area (Å²) in [5.74, 6) is 1.92. The van der Waals surface area contributed by atoms with Crippen molar-refractivity contribution in [2.24, 2.45) is 5.92 Å². The number of nitrogens with zero attached hydrogens (tertiary/aromatic N) is 2. The molecule has 0 unspecified atom stereocenters. The van der Waals surface area contributed by atoms with Crippen LogP contribution in [0.3, 0.4) is 0 Å². The molecule has 2 heterocycles. The van der Waals surface area contributed by atoms with Crippen LogP contribution in [0.2, 0.25) is 0 Å². The number of piperidine rings is 2. The van der Waals surface area contributed by atoms with Crippen LogP contribution in [0.25, 0.3) is 0 Å². The highest BCUT2D eigenvalue weighted by Gasteiger charge is 2.35. The van der Waals surface area contributed by atoms with E-state index in [0.29, 0.717) is 6.54 Å². The molecule has 6 nitrogen and oxygen atoms in total. The molecule has 0 aromatic heterocycles. The van der Waals surface area contributed by atoms with Crippen LogP contribution < -0.4 is 9.47 Å². The summed E-state index contributed by atoms with van der Waals surface area (Å²) in [6, 6.07) is 15.7. The van der Waals surface area contributed by atoms with Crippen molar-refractivity contribution in [2.45, 2.75) is 38.0 Å². The number of ether oxygens (including phenoxy) is 2. The highest BCUT2D eigenvalue weighted by molar-refractivity contribution is 5.98. The molecule has 2 saturated heterocycles. The number of likely N-dealkylation sites (tertiary alicyclic amines) is 2. The molecule has 2 aromatic carbocycles. The first-order valence-corrected chi connectivity index (χ1v) is 11.5. The summed E-state index contributed by atoms with van der Waals surface area (Å²) in [6.45, 7) is 4.23. The lowest BCUT2D eigenvalue weighted by atomic mass is 9.87. The molecule has 2 atom stereocenters. The van der Waals surface area contributed by atoms with E-state index in [4.69, 9.17) is 9.47 Å². The summed E-state index contributed by atoms with van der Waals surface area (Å²) in [5.41, 5.74) is 1.99. The van der Waals surface area contributed by atoms with E-state index < -0.39 is 0 Å². The first kappa shape index (κ1) is 22.8. The molecule has 2 fully saturated rings. The SMILES string of the molecule is COc1ccc(CN2CC[C@H](N3CCC(C(=O)c4ccc(OC)cc4)CC3)[C@@H](O)C2)cc1. The minimum Gasteiger partial charge on any atom is -0.497 e. The van der Waals surface area contributed by atoms with Gasteiger partial charge in [-0.15, -0.1) is 0 Å². The second-order valence-electron chi connectivity index (χ2n) is 8.91. The second-order valence-corrected chi connectivity index (χ2v) is 8.91. The molecule has 2 aliphatic heterocycles. The Morgan fingerprint density at radius 1 is 0.906 bits per heavy atom. The van der Waals surface area contributed by atoms with Gasteiger partial charge in [-0.1, -0.05) is 12.1 Å². The fourth-order valence-corrected chi connectivity index (χ4v) is 5.03. The third-order valence-corrected chi connectivity index (χ3v) is 6.94. The van der Waals surface area contributed by atoms with Gasteiger partial charge in [-0.3, -0.25) is 14.6 Å². The fourth-order valence-electron chi connectivity index (χ4n) is 5.03. The summed E-state index contributed by atoms with van der Waals surface area (Å²) in [4.78, 5) is 17.6. The Hall–Kier alpha value is -2.41. The van der Waals surface area contributed by atoms with Crippen molar-refractivity contribution in [3.63, 3.8) is 0 Å². The third kappa shape index (κ3) is 5.31. The molecule has 4 rings (SSSR count). The van der Waals surface area contributed by atoms with Crippen molar-refractivity contribution in [1.29, 1.82) is 0 Å². The monoisotopic (exact) mass is 438 g/mol. The van der Waals surface area contributed by atoms with Gasteiger partial charge in [-0.2, -0.15) is 0 Å². The Balaban J connectivity index is 1.26. The van der Waals surface area contributed by atoms with Crippen LogP contribution in [-0.4, -0.2) is 73.2 Å². The van der Waals surface area contributed by atoms with E-state index >= 15 is 0 Å². The number of benzene rings is 2. The minimum atomic E-state index is -0.365. The molecule has 2 aromatic rings. The van der Waals surface area contributed by atoms with Crippen LogP contribution in [0.15, 0.2) is 48.5 Å². The average molecular weight is 439 g/mol. The lowest BCUT2D eigenvalue weighted by molar-refractivity contribution is -0.0251. The van der Waals surface area contributed by atoms with E-state index in [-0.39, 0.29) is 23.8 Å². The fraction of sp³-hybridized carbons (Fsp3) is 0.500. The molecule has 172 valence electrons. The minimum absolute atomic E-state index is 0.0620. The molecule has 2 aliphatic rings. The number of aliphatic hydroxyl groups excluding tert-OH is 1. The molecule has 6 heteroatoms. The molecule has 0 bridgehead atoms. The van der Waals surface area contributed by atoms with Crippen LogP contribution in [0.4, 0.5) is 0 Å². The number of methoxy groups -OCH3 is 2. The van der Waals surface area contributed by atoms with Crippen molar-refractivity contribution in [2.75, 3.05) is 40.4 Å². The summed E-state index contributed by atoms with van der Waals surface area (Å²) < 4.78 is 10.4. The van der Waals surface area contributed by atoms with Crippen molar-refractivity contribution < 1.29 is 19.4 Å². The Kier molecular flexibility index (Phi) is 7.45. The number of ketones is 1. The van der Waals surface area contributed by atoms with Gasteiger partial charge in [-0.25, -0.2) is 0 Å². The zero-order valence-corrected chi connectivity index (χ0v) is 19.1. The van der Waals surface area contributed by atoms with Gasteiger partial charge < -0.3 is 14.6 Å². The van der Waals surface area contributed by atoms with Crippen LogP contribution in [-0.2, 0) is 6.54 Å². The van der Waals surface area contributed by atoms with E-state index in [2.05, 4.69) is 21.9 Å². The van der Waals surface area contributed by atoms with Gasteiger partial charge in [0.05, 0.1) is 20.3 Å². The summed E-state index contributed by atoms with van der Waals surface area (Å²) >= 11 is 0. The molecular weight excluding hydrogens is 404 g/mol. The van der Waals surface area contributed by atoms with Gasteiger partial charge >= 0.3 is 0 Å². The van der Waals surface area contributed by atoms with Crippen molar-refractivity contribution in [3.8, 4) is 11.5 Å². The van der Waals surface area contributed by atoms with Gasteiger partial charge in [0.15, 0.2) is 5.78 Å². The molecule has 0 saturated carbocycles. The summed E-state index contributed by atoms with van der Waals surface area (Å²) in [5, 5.41) is 10.9. The lowest BCUT2D eigenvalue weighted by Crippen LogP contribution is -2.55. The number of rotatable bonds is 7. The Morgan fingerprint density at radius 3 is 2.06 bits per heavy atom.